The van der Waals surface area contributed by atoms with E-state index in [2.05, 4.69) is 5.10 Å². The molecule has 0 radical (unpaired) electrons. The molecule has 1 aliphatic rings. The van der Waals surface area contributed by atoms with Crippen molar-refractivity contribution in [2.75, 3.05) is 12.1 Å². The number of esters is 1. The fourth-order valence-corrected chi connectivity index (χ4v) is 4.60. The fraction of sp³-hybridized carbons (Fsp3) is 0.323. The number of anilines is 1. The molecular formula is C31H31F3N2O4. The standard InChI is InChI=1S/C31H31F3N2O4/c1-29(2)26(35-36(27(29)37)24-17-15-23(16-18-24)31(32,33)34)12-8-9-21-13-19-25(20-14-21)40-30(3,28(38)39-4)22-10-6-5-7-11-22/h5-7,10-11,13-20H,8-9,12H2,1-4H3. The van der Waals surface area contributed by atoms with Gasteiger partial charge in [0.2, 0.25) is 5.60 Å². The number of amides is 1. The summed E-state index contributed by atoms with van der Waals surface area (Å²) in [6.07, 6.45) is -2.49. The Labute approximate surface area is 231 Å². The van der Waals surface area contributed by atoms with Crippen molar-refractivity contribution in [1.29, 1.82) is 0 Å². The van der Waals surface area contributed by atoms with Gasteiger partial charge >= 0.3 is 12.1 Å². The van der Waals surface area contributed by atoms with Gasteiger partial charge in [-0.3, -0.25) is 4.79 Å². The molecule has 1 unspecified atom stereocenters. The van der Waals surface area contributed by atoms with E-state index < -0.39 is 28.7 Å². The van der Waals surface area contributed by atoms with Crippen LogP contribution in [0.3, 0.4) is 0 Å². The van der Waals surface area contributed by atoms with Crippen LogP contribution < -0.4 is 9.75 Å². The van der Waals surface area contributed by atoms with Crippen molar-refractivity contribution in [3.63, 3.8) is 0 Å². The van der Waals surface area contributed by atoms with E-state index in [1.54, 1.807) is 32.9 Å². The van der Waals surface area contributed by atoms with Crippen LogP contribution in [0, 0.1) is 5.41 Å². The highest BCUT2D eigenvalue weighted by molar-refractivity contribution is 6.18. The van der Waals surface area contributed by atoms with E-state index in [9.17, 15) is 22.8 Å². The third kappa shape index (κ3) is 5.88. The second-order valence-electron chi connectivity index (χ2n) is 10.3. The zero-order valence-electron chi connectivity index (χ0n) is 22.8. The molecule has 0 bridgehead atoms. The van der Waals surface area contributed by atoms with Crippen LogP contribution in [0.5, 0.6) is 5.75 Å². The van der Waals surface area contributed by atoms with Gasteiger partial charge in [0.25, 0.3) is 5.91 Å². The van der Waals surface area contributed by atoms with Crippen molar-refractivity contribution >= 4 is 23.3 Å². The van der Waals surface area contributed by atoms with Gasteiger partial charge < -0.3 is 9.47 Å². The van der Waals surface area contributed by atoms with Gasteiger partial charge in [-0.25, -0.2) is 9.80 Å². The molecule has 6 nitrogen and oxygen atoms in total. The number of hydrogen-bond donors (Lipinski definition) is 0. The van der Waals surface area contributed by atoms with E-state index in [-0.39, 0.29) is 5.91 Å². The molecule has 0 N–H and O–H groups in total. The van der Waals surface area contributed by atoms with Crippen LogP contribution in [0.15, 0.2) is 84.0 Å². The summed E-state index contributed by atoms with van der Waals surface area (Å²) in [5.41, 5.74) is -0.274. The molecule has 210 valence electrons. The maximum absolute atomic E-state index is 13.0. The molecule has 9 heteroatoms. The molecule has 0 saturated carbocycles. The maximum Gasteiger partial charge on any atom is 0.416 e. The maximum atomic E-state index is 13.0. The minimum absolute atomic E-state index is 0.282. The number of carbonyl (C=O) groups excluding carboxylic acids is 2. The van der Waals surface area contributed by atoms with Gasteiger partial charge in [0.1, 0.15) is 5.75 Å². The summed E-state index contributed by atoms with van der Waals surface area (Å²) in [6.45, 7) is 5.21. The quantitative estimate of drug-likeness (QED) is 0.270. The van der Waals surface area contributed by atoms with Crippen molar-refractivity contribution in [3.05, 3.63) is 95.6 Å². The summed E-state index contributed by atoms with van der Waals surface area (Å²) in [5, 5.41) is 5.67. The van der Waals surface area contributed by atoms with Crippen LogP contribution in [-0.4, -0.2) is 24.7 Å². The van der Waals surface area contributed by atoms with E-state index in [0.717, 1.165) is 17.7 Å². The lowest BCUT2D eigenvalue weighted by molar-refractivity contribution is -0.158. The number of halogens is 3. The smallest absolute Gasteiger partial charge is 0.416 e. The van der Waals surface area contributed by atoms with Gasteiger partial charge in [-0.15, -0.1) is 0 Å². The molecule has 40 heavy (non-hydrogen) atoms. The zero-order chi connectivity index (χ0) is 29.1. The molecule has 1 atom stereocenters. The van der Waals surface area contributed by atoms with Crippen LogP contribution >= 0.6 is 0 Å². The van der Waals surface area contributed by atoms with E-state index in [4.69, 9.17) is 9.47 Å². The molecule has 4 rings (SSSR count). The Kier molecular flexibility index (Phi) is 8.05. The number of benzene rings is 3. The van der Waals surface area contributed by atoms with Crippen molar-refractivity contribution in [2.24, 2.45) is 10.5 Å². The molecule has 0 aromatic heterocycles. The van der Waals surface area contributed by atoms with Crippen LogP contribution in [0.4, 0.5) is 18.9 Å². The van der Waals surface area contributed by atoms with Gasteiger partial charge in [0.15, 0.2) is 0 Å². The van der Waals surface area contributed by atoms with Crippen molar-refractivity contribution < 1.29 is 32.2 Å². The first-order chi connectivity index (χ1) is 18.9. The van der Waals surface area contributed by atoms with Crippen molar-refractivity contribution in [2.45, 2.75) is 51.8 Å². The summed E-state index contributed by atoms with van der Waals surface area (Å²) in [7, 11) is 1.32. The summed E-state index contributed by atoms with van der Waals surface area (Å²) >= 11 is 0. The van der Waals surface area contributed by atoms with Crippen molar-refractivity contribution in [3.8, 4) is 5.75 Å². The number of alkyl halides is 3. The number of ether oxygens (including phenoxy) is 2. The minimum atomic E-state index is -4.45. The van der Waals surface area contributed by atoms with Crippen LogP contribution in [0.2, 0.25) is 0 Å². The average Bonchev–Trinajstić information content (AvgIpc) is 3.17. The molecule has 1 amide bonds. The largest absolute Gasteiger partial charge is 0.471 e. The van der Waals surface area contributed by atoms with Crippen LogP contribution in [0.1, 0.15) is 50.3 Å². The Morgan fingerprint density at radius 1 is 0.900 bits per heavy atom. The lowest BCUT2D eigenvalue weighted by Gasteiger charge is -2.28. The minimum Gasteiger partial charge on any atom is -0.471 e. The first-order valence-corrected chi connectivity index (χ1v) is 12.9. The summed E-state index contributed by atoms with van der Waals surface area (Å²) < 4.78 is 49.8. The number of carbonyl (C=O) groups is 2. The van der Waals surface area contributed by atoms with Crippen molar-refractivity contribution in [1.82, 2.24) is 0 Å². The molecule has 0 spiro atoms. The number of hydrazone groups is 1. The molecule has 0 saturated heterocycles. The predicted molar refractivity (Wildman–Crippen MR) is 146 cm³/mol. The highest BCUT2D eigenvalue weighted by Crippen LogP contribution is 2.36. The van der Waals surface area contributed by atoms with Gasteiger partial charge in [-0.2, -0.15) is 18.3 Å². The van der Waals surface area contributed by atoms with E-state index >= 15 is 0 Å². The van der Waals surface area contributed by atoms with Crippen LogP contribution in [-0.2, 0) is 32.5 Å². The summed E-state index contributed by atoms with van der Waals surface area (Å²) in [4.78, 5) is 25.6. The Morgan fingerprint density at radius 3 is 2.10 bits per heavy atom. The predicted octanol–water partition coefficient (Wildman–Crippen LogP) is 6.92. The van der Waals surface area contributed by atoms with E-state index in [1.165, 1.54) is 24.3 Å². The lowest BCUT2D eigenvalue weighted by Crippen LogP contribution is -2.39. The first-order valence-electron chi connectivity index (χ1n) is 12.9. The number of hydrogen-bond acceptors (Lipinski definition) is 5. The number of aryl methyl sites for hydroxylation is 1. The highest BCUT2D eigenvalue weighted by Gasteiger charge is 2.43. The topological polar surface area (TPSA) is 68.2 Å². The van der Waals surface area contributed by atoms with Gasteiger partial charge in [-0.05, 0) is 82.0 Å². The van der Waals surface area contributed by atoms with Crippen LogP contribution in [0.25, 0.3) is 0 Å². The Hall–Kier alpha value is -4.14. The van der Waals surface area contributed by atoms with E-state index in [0.29, 0.717) is 42.0 Å². The molecule has 1 heterocycles. The Bertz CT molecular complexity index is 1380. The highest BCUT2D eigenvalue weighted by atomic mass is 19.4. The fourth-order valence-electron chi connectivity index (χ4n) is 4.60. The number of rotatable bonds is 9. The second-order valence-corrected chi connectivity index (χ2v) is 10.3. The summed E-state index contributed by atoms with van der Waals surface area (Å²) in [6, 6.07) is 21.0. The van der Waals surface area contributed by atoms with Gasteiger partial charge in [-0.1, -0.05) is 42.5 Å². The second kappa shape index (κ2) is 11.2. The Balaban J connectivity index is 1.40. The normalized spacial score (nSPS) is 16.3. The molecule has 3 aromatic carbocycles. The average molecular weight is 553 g/mol. The summed E-state index contributed by atoms with van der Waals surface area (Å²) in [5.74, 6) is -0.280. The molecule has 0 aliphatic carbocycles. The Morgan fingerprint density at radius 2 is 1.52 bits per heavy atom. The van der Waals surface area contributed by atoms with Gasteiger partial charge in [0.05, 0.1) is 29.5 Å². The first kappa shape index (κ1) is 28.9. The third-order valence-electron chi connectivity index (χ3n) is 7.13. The van der Waals surface area contributed by atoms with Gasteiger partial charge in [0, 0.05) is 5.56 Å². The zero-order valence-corrected chi connectivity index (χ0v) is 22.8. The van der Waals surface area contributed by atoms with E-state index in [1.807, 2.05) is 42.5 Å². The molecular weight excluding hydrogens is 521 g/mol. The third-order valence-corrected chi connectivity index (χ3v) is 7.13. The number of nitrogens with zero attached hydrogens (tertiary/aromatic N) is 2. The monoisotopic (exact) mass is 552 g/mol. The molecule has 3 aromatic rings. The molecule has 1 aliphatic heterocycles. The lowest BCUT2D eigenvalue weighted by atomic mass is 9.84. The SMILES string of the molecule is COC(=O)C(C)(Oc1ccc(CCCC2=NN(c3ccc(C(F)(F)F)cc3)C(=O)C2(C)C)cc1)c1ccccc1. The molecule has 0 fully saturated rings. The number of methoxy groups -OCH3 is 1.